The van der Waals surface area contributed by atoms with Crippen molar-refractivity contribution in [3.8, 4) is 5.88 Å². The molecule has 0 bridgehead atoms. The minimum Gasteiger partial charge on any atom is -0.472 e. The molecule has 1 aliphatic heterocycles. The summed E-state index contributed by atoms with van der Waals surface area (Å²) in [6.07, 6.45) is 0.230. The minimum atomic E-state index is -3.72. The molecule has 1 saturated heterocycles. The van der Waals surface area contributed by atoms with E-state index < -0.39 is 15.8 Å². The van der Waals surface area contributed by atoms with E-state index in [0.29, 0.717) is 35.8 Å². The first-order chi connectivity index (χ1) is 13.3. The fourth-order valence-corrected chi connectivity index (χ4v) is 4.55. The zero-order chi connectivity index (χ0) is 19.9. The Morgan fingerprint density at radius 1 is 1.25 bits per heavy atom. The molecular weight excluding hydrogens is 386 g/mol. The molecule has 1 aromatic carbocycles. The monoisotopic (exact) mass is 405 g/mol. The summed E-state index contributed by atoms with van der Waals surface area (Å²) in [5.41, 5.74) is 0.653. The number of aromatic nitrogens is 3. The van der Waals surface area contributed by atoms with Crippen molar-refractivity contribution in [2.45, 2.75) is 17.4 Å². The largest absolute Gasteiger partial charge is 0.472 e. The normalized spacial score (nSPS) is 17.9. The molecule has 0 amide bonds. The Bertz CT molecular complexity index is 1150. The minimum absolute atomic E-state index is 0.0906. The molecule has 4 rings (SSSR count). The Morgan fingerprint density at radius 2 is 2.07 bits per heavy atom. The highest BCUT2D eigenvalue weighted by Gasteiger charge is 2.34. The lowest BCUT2D eigenvalue weighted by atomic mass is 10.3. The SMILES string of the molecule is CN(C)c1ccc(OC2CCN(S(=O)(=O)c3ccc4oc(=O)[nH]c4c3)C2)nn1. The van der Waals surface area contributed by atoms with E-state index >= 15 is 0 Å². The summed E-state index contributed by atoms with van der Waals surface area (Å²) in [6.45, 7) is 0.537. The number of H-pyrrole nitrogens is 1. The van der Waals surface area contributed by atoms with Crippen molar-refractivity contribution in [1.82, 2.24) is 19.5 Å². The molecule has 3 aromatic rings. The number of rotatable bonds is 5. The second kappa shape index (κ2) is 6.91. The van der Waals surface area contributed by atoms with E-state index in [4.69, 9.17) is 9.15 Å². The van der Waals surface area contributed by atoms with E-state index in [1.807, 2.05) is 19.0 Å². The van der Waals surface area contributed by atoms with Gasteiger partial charge in [-0.3, -0.25) is 4.98 Å². The quantitative estimate of drug-likeness (QED) is 0.662. The van der Waals surface area contributed by atoms with E-state index in [-0.39, 0.29) is 17.5 Å². The van der Waals surface area contributed by atoms with Crippen molar-refractivity contribution in [3.63, 3.8) is 0 Å². The Kier molecular flexibility index (Phi) is 4.55. The molecule has 148 valence electrons. The summed E-state index contributed by atoms with van der Waals surface area (Å²) < 4.78 is 37.9. The third-order valence-corrected chi connectivity index (χ3v) is 6.37. The third kappa shape index (κ3) is 3.45. The van der Waals surface area contributed by atoms with Gasteiger partial charge in [-0.1, -0.05) is 0 Å². The van der Waals surface area contributed by atoms with E-state index in [1.54, 1.807) is 12.1 Å². The second-order valence-corrected chi connectivity index (χ2v) is 8.63. The van der Waals surface area contributed by atoms with Crippen LogP contribution in [-0.4, -0.2) is 61.2 Å². The maximum absolute atomic E-state index is 12.9. The maximum Gasteiger partial charge on any atom is 0.417 e. The molecular formula is C17H19N5O5S. The first-order valence-corrected chi connectivity index (χ1v) is 10.1. The number of anilines is 1. The number of ether oxygens (including phenoxy) is 1. The Labute approximate surface area is 160 Å². The number of benzene rings is 1. The van der Waals surface area contributed by atoms with Crippen LogP contribution in [0.25, 0.3) is 11.1 Å². The zero-order valence-electron chi connectivity index (χ0n) is 15.3. The van der Waals surface area contributed by atoms with Crippen LogP contribution in [-0.2, 0) is 10.0 Å². The highest BCUT2D eigenvalue weighted by Crippen LogP contribution is 2.25. The van der Waals surface area contributed by atoms with Gasteiger partial charge in [-0.25, -0.2) is 13.2 Å². The van der Waals surface area contributed by atoms with Gasteiger partial charge in [0.1, 0.15) is 6.10 Å². The van der Waals surface area contributed by atoms with Crippen LogP contribution in [0.1, 0.15) is 6.42 Å². The van der Waals surface area contributed by atoms with Crippen LogP contribution in [0.4, 0.5) is 5.82 Å². The van der Waals surface area contributed by atoms with Gasteiger partial charge in [-0.15, -0.1) is 10.2 Å². The Morgan fingerprint density at radius 3 is 2.79 bits per heavy atom. The van der Waals surface area contributed by atoms with Crippen LogP contribution in [0.5, 0.6) is 5.88 Å². The first kappa shape index (κ1) is 18.4. The van der Waals surface area contributed by atoms with Gasteiger partial charge >= 0.3 is 5.76 Å². The predicted octanol–water partition coefficient (Wildman–Crippen LogP) is 0.819. The second-order valence-electron chi connectivity index (χ2n) is 6.69. The van der Waals surface area contributed by atoms with Gasteiger partial charge < -0.3 is 14.1 Å². The molecule has 0 aliphatic carbocycles. The number of sulfonamides is 1. The van der Waals surface area contributed by atoms with Gasteiger partial charge in [0, 0.05) is 26.7 Å². The predicted molar refractivity (Wildman–Crippen MR) is 101 cm³/mol. The Hall–Kier alpha value is -2.92. The number of nitrogens with zero attached hydrogens (tertiary/aromatic N) is 4. The van der Waals surface area contributed by atoms with Gasteiger partial charge in [0.15, 0.2) is 11.4 Å². The van der Waals surface area contributed by atoms with Crippen LogP contribution in [0.15, 0.2) is 44.4 Å². The first-order valence-electron chi connectivity index (χ1n) is 8.64. The lowest BCUT2D eigenvalue weighted by Crippen LogP contribution is -2.31. The van der Waals surface area contributed by atoms with E-state index in [1.165, 1.54) is 22.5 Å². The average Bonchev–Trinajstić information content (AvgIpc) is 3.27. The molecule has 0 saturated carbocycles. The number of hydrogen-bond donors (Lipinski definition) is 1. The lowest BCUT2D eigenvalue weighted by Gasteiger charge is -2.17. The van der Waals surface area contributed by atoms with Crippen molar-refractivity contribution in [1.29, 1.82) is 0 Å². The molecule has 3 heterocycles. The molecule has 1 aliphatic rings. The van der Waals surface area contributed by atoms with E-state index in [0.717, 1.165) is 0 Å². The number of oxazole rings is 1. The number of hydrogen-bond acceptors (Lipinski definition) is 8. The van der Waals surface area contributed by atoms with E-state index in [2.05, 4.69) is 15.2 Å². The average molecular weight is 405 g/mol. The summed E-state index contributed by atoms with van der Waals surface area (Å²) in [6, 6.07) is 7.78. The zero-order valence-corrected chi connectivity index (χ0v) is 16.1. The third-order valence-electron chi connectivity index (χ3n) is 4.51. The lowest BCUT2D eigenvalue weighted by molar-refractivity contribution is 0.204. The van der Waals surface area contributed by atoms with Gasteiger partial charge in [0.05, 0.1) is 17.0 Å². The fraction of sp³-hybridized carbons (Fsp3) is 0.353. The van der Waals surface area contributed by atoms with Gasteiger partial charge in [-0.05, 0) is 30.7 Å². The summed E-state index contributed by atoms with van der Waals surface area (Å²) in [4.78, 5) is 15.7. The summed E-state index contributed by atoms with van der Waals surface area (Å²) in [5.74, 6) is 0.434. The molecule has 1 fully saturated rings. The van der Waals surface area contributed by atoms with Crippen molar-refractivity contribution in [2.75, 3.05) is 32.1 Å². The van der Waals surface area contributed by atoms with Crippen molar-refractivity contribution < 1.29 is 17.6 Å². The fourth-order valence-electron chi connectivity index (χ4n) is 3.04. The molecule has 1 N–H and O–H groups in total. The standard InChI is InChI=1S/C17H19N5O5S/c1-21(2)15-5-6-16(20-19-15)26-11-7-8-22(10-11)28(24,25)12-3-4-14-13(9-12)18-17(23)27-14/h3-6,9,11H,7-8,10H2,1-2H3,(H,18,23). The van der Waals surface area contributed by atoms with E-state index in [9.17, 15) is 13.2 Å². The molecule has 2 aromatic heterocycles. The van der Waals surface area contributed by atoms with Crippen LogP contribution in [0.3, 0.4) is 0 Å². The van der Waals surface area contributed by atoms with Crippen LogP contribution < -0.4 is 15.4 Å². The number of fused-ring (bicyclic) bond motifs is 1. The number of nitrogens with one attached hydrogen (secondary N) is 1. The molecule has 11 heteroatoms. The Balaban J connectivity index is 1.48. The highest BCUT2D eigenvalue weighted by molar-refractivity contribution is 7.89. The van der Waals surface area contributed by atoms with Gasteiger partial charge in [0.25, 0.3) is 0 Å². The maximum atomic E-state index is 12.9. The molecule has 1 atom stereocenters. The summed E-state index contributed by atoms with van der Waals surface area (Å²) in [7, 11) is 0.00661. The van der Waals surface area contributed by atoms with Crippen molar-refractivity contribution in [2.24, 2.45) is 0 Å². The topological polar surface area (TPSA) is 122 Å². The highest BCUT2D eigenvalue weighted by atomic mass is 32.2. The van der Waals surface area contributed by atoms with Crippen molar-refractivity contribution in [3.05, 3.63) is 40.9 Å². The smallest absolute Gasteiger partial charge is 0.417 e. The van der Waals surface area contributed by atoms with Crippen molar-refractivity contribution >= 4 is 26.9 Å². The summed E-state index contributed by atoms with van der Waals surface area (Å²) >= 11 is 0. The van der Waals surface area contributed by atoms with Crippen LogP contribution in [0, 0.1) is 0 Å². The summed E-state index contributed by atoms with van der Waals surface area (Å²) in [5, 5.41) is 8.07. The molecule has 0 spiro atoms. The number of aromatic amines is 1. The van der Waals surface area contributed by atoms with Crippen LogP contribution in [0.2, 0.25) is 0 Å². The molecule has 0 radical (unpaired) electrons. The van der Waals surface area contributed by atoms with Crippen LogP contribution >= 0.6 is 0 Å². The molecule has 28 heavy (non-hydrogen) atoms. The van der Waals surface area contributed by atoms with Gasteiger partial charge in [0.2, 0.25) is 15.9 Å². The molecule has 10 nitrogen and oxygen atoms in total. The van der Waals surface area contributed by atoms with Gasteiger partial charge in [-0.2, -0.15) is 4.31 Å². The molecule has 1 unspecified atom stereocenters.